The number of pyridine rings is 1. The predicted octanol–water partition coefficient (Wildman–Crippen LogP) is 0.853. The van der Waals surface area contributed by atoms with Crippen molar-refractivity contribution in [2.24, 2.45) is 0 Å². The van der Waals surface area contributed by atoms with Crippen LogP contribution in [0.5, 0.6) is 0 Å². The van der Waals surface area contributed by atoms with Crippen molar-refractivity contribution in [3.8, 4) is 0 Å². The van der Waals surface area contributed by atoms with Crippen LogP contribution in [-0.2, 0) is 22.0 Å². The van der Waals surface area contributed by atoms with Crippen LogP contribution >= 0.6 is 0 Å². The van der Waals surface area contributed by atoms with Gasteiger partial charge in [0, 0.05) is 24.2 Å². The van der Waals surface area contributed by atoms with Crippen molar-refractivity contribution in [1.82, 2.24) is 10.3 Å². The number of hydrogen-bond donors (Lipinski definition) is 2. The fraction of sp³-hybridized carbons (Fsp3) is 0.500. The molecule has 1 atom stereocenters. The van der Waals surface area contributed by atoms with E-state index in [1.165, 1.54) is 5.41 Å². The fourth-order valence-electron chi connectivity index (χ4n) is 2.56. The van der Waals surface area contributed by atoms with Crippen molar-refractivity contribution in [3.63, 3.8) is 0 Å². The molecular formula is C14H18N2O3S. The van der Waals surface area contributed by atoms with Gasteiger partial charge < -0.3 is 10.4 Å². The molecule has 0 spiro atoms. The molecule has 5 nitrogen and oxygen atoms in total. The van der Waals surface area contributed by atoms with Crippen molar-refractivity contribution < 1.29 is 13.5 Å². The molecule has 3 rings (SSSR count). The third-order valence-electron chi connectivity index (χ3n) is 3.98. The van der Waals surface area contributed by atoms with Gasteiger partial charge in [0.05, 0.1) is 11.4 Å². The normalized spacial score (nSPS) is 26.4. The molecule has 2 aliphatic rings. The molecule has 0 amide bonds. The van der Waals surface area contributed by atoms with Crippen molar-refractivity contribution >= 4 is 9.84 Å². The van der Waals surface area contributed by atoms with Crippen LogP contribution < -0.4 is 5.32 Å². The van der Waals surface area contributed by atoms with E-state index in [-0.39, 0.29) is 11.8 Å². The average molecular weight is 294 g/mol. The minimum atomic E-state index is -3.02. The summed E-state index contributed by atoms with van der Waals surface area (Å²) in [6.45, 7) is 0.566. The lowest BCUT2D eigenvalue weighted by Crippen LogP contribution is -2.35. The zero-order valence-corrected chi connectivity index (χ0v) is 11.9. The van der Waals surface area contributed by atoms with Crippen LogP contribution in [0.3, 0.4) is 0 Å². The molecule has 0 radical (unpaired) electrons. The Labute approximate surface area is 118 Å². The molecular weight excluding hydrogens is 276 g/mol. The molecule has 1 saturated carbocycles. The first-order valence-electron chi connectivity index (χ1n) is 6.79. The molecule has 1 aliphatic carbocycles. The monoisotopic (exact) mass is 294 g/mol. The highest BCUT2D eigenvalue weighted by atomic mass is 32.2. The SMILES string of the molecule is O=S1(=O)C=CC(NCc2ccnc(C3(O)CCC3)c2)C1. The van der Waals surface area contributed by atoms with Crippen LogP contribution in [0.4, 0.5) is 0 Å². The Bertz CT molecular complexity index is 636. The summed E-state index contributed by atoms with van der Waals surface area (Å²) in [5.74, 6) is 0.120. The number of sulfone groups is 1. The van der Waals surface area contributed by atoms with Crippen molar-refractivity contribution in [2.75, 3.05) is 5.75 Å². The van der Waals surface area contributed by atoms with E-state index in [1.807, 2.05) is 12.1 Å². The van der Waals surface area contributed by atoms with Gasteiger partial charge in [0.25, 0.3) is 0 Å². The van der Waals surface area contributed by atoms with Crippen LogP contribution in [-0.4, -0.2) is 30.3 Å². The first-order valence-corrected chi connectivity index (χ1v) is 8.51. The third kappa shape index (κ3) is 2.77. The van der Waals surface area contributed by atoms with E-state index in [9.17, 15) is 13.5 Å². The van der Waals surface area contributed by atoms with E-state index in [0.29, 0.717) is 6.54 Å². The Hall–Kier alpha value is -1.24. The lowest BCUT2D eigenvalue weighted by molar-refractivity contribution is -0.0426. The molecule has 1 fully saturated rings. The van der Waals surface area contributed by atoms with Gasteiger partial charge in [-0.1, -0.05) is 6.08 Å². The van der Waals surface area contributed by atoms with E-state index in [0.717, 1.165) is 30.5 Å². The summed E-state index contributed by atoms with van der Waals surface area (Å²) in [6.07, 6.45) is 5.94. The zero-order valence-electron chi connectivity index (χ0n) is 11.1. The highest BCUT2D eigenvalue weighted by Gasteiger charge is 2.37. The zero-order chi connectivity index (χ0) is 14.2. The minimum absolute atomic E-state index is 0.120. The van der Waals surface area contributed by atoms with Gasteiger partial charge in [-0.3, -0.25) is 4.98 Å². The van der Waals surface area contributed by atoms with Gasteiger partial charge in [-0.05, 0) is 37.0 Å². The lowest BCUT2D eigenvalue weighted by Gasteiger charge is -2.36. The van der Waals surface area contributed by atoms with Crippen LogP contribution in [0.2, 0.25) is 0 Å². The van der Waals surface area contributed by atoms with E-state index < -0.39 is 15.4 Å². The molecule has 2 heterocycles. The predicted molar refractivity (Wildman–Crippen MR) is 75.5 cm³/mol. The maximum absolute atomic E-state index is 11.3. The molecule has 0 bridgehead atoms. The van der Waals surface area contributed by atoms with Gasteiger partial charge in [-0.2, -0.15) is 0 Å². The molecule has 1 aromatic heterocycles. The van der Waals surface area contributed by atoms with Crippen molar-refractivity contribution in [3.05, 3.63) is 41.1 Å². The van der Waals surface area contributed by atoms with Crippen molar-refractivity contribution in [2.45, 2.75) is 37.5 Å². The van der Waals surface area contributed by atoms with E-state index in [4.69, 9.17) is 0 Å². The van der Waals surface area contributed by atoms with Gasteiger partial charge >= 0.3 is 0 Å². The number of nitrogens with one attached hydrogen (secondary N) is 1. The van der Waals surface area contributed by atoms with Crippen LogP contribution in [0.1, 0.15) is 30.5 Å². The number of nitrogens with zero attached hydrogens (tertiary/aromatic N) is 1. The second-order valence-electron chi connectivity index (χ2n) is 5.58. The Balaban J connectivity index is 1.64. The Morgan fingerprint density at radius 3 is 2.85 bits per heavy atom. The molecule has 0 aromatic carbocycles. The first-order chi connectivity index (χ1) is 9.47. The smallest absolute Gasteiger partial charge is 0.173 e. The summed E-state index contributed by atoms with van der Waals surface area (Å²) in [4.78, 5) is 4.25. The topological polar surface area (TPSA) is 79.3 Å². The third-order valence-corrected chi connectivity index (χ3v) is 5.38. The summed E-state index contributed by atoms with van der Waals surface area (Å²) in [5, 5.41) is 14.7. The van der Waals surface area contributed by atoms with Gasteiger partial charge in [0.15, 0.2) is 9.84 Å². The second-order valence-corrected chi connectivity index (χ2v) is 7.51. The Morgan fingerprint density at radius 2 is 2.25 bits per heavy atom. The molecule has 20 heavy (non-hydrogen) atoms. The van der Waals surface area contributed by atoms with E-state index in [1.54, 1.807) is 12.3 Å². The largest absolute Gasteiger partial charge is 0.384 e. The molecule has 6 heteroatoms. The molecule has 1 aliphatic heterocycles. The van der Waals surface area contributed by atoms with E-state index >= 15 is 0 Å². The first kappa shape index (κ1) is 13.7. The highest BCUT2D eigenvalue weighted by Crippen LogP contribution is 2.40. The summed E-state index contributed by atoms with van der Waals surface area (Å²) < 4.78 is 22.6. The number of rotatable bonds is 4. The summed E-state index contributed by atoms with van der Waals surface area (Å²) in [7, 11) is -3.02. The standard InChI is InChI=1S/C14H18N2O3S/c17-14(4-1-5-14)13-8-11(2-6-15-13)9-16-12-3-7-20(18,19)10-12/h2-3,6-8,12,16-17H,1,4-5,9-10H2. The number of aliphatic hydroxyl groups is 1. The van der Waals surface area contributed by atoms with Gasteiger partial charge in [-0.25, -0.2) is 8.42 Å². The van der Waals surface area contributed by atoms with Crippen molar-refractivity contribution in [1.29, 1.82) is 0 Å². The molecule has 2 N–H and O–H groups in total. The van der Waals surface area contributed by atoms with Gasteiger partial charge in [0.2, 0.25) is 0 Å². The molecule has 1 unspecified atom stereocenters. The van der Waals surface area contributed by atoms with Crippen LogP contribution in [0.15, 0.2) is 29.8 Å². The average Bonchev–Trinajstić information content (AvgIpc) is 2.74. The maximum atomic E-state index is 11.3. The Kier molecular flexibility index (Phi) is 3.40. The number of aromatic nitrogens is 1. The highest BCUT2D eigenvalue weighted by molar-refractivity contribution is 7.94. The van der Waals surface area contributed by atoms with Crippen LogP contribution in [0, 0.1) is 0 Å². The van der Waals surface area contributed by atoms with Crippen LogP contribution in [0.25, 0.3) is 0 Å². The van der Waals surface area contributed by atoms with Gasteiger partial charge in [0.1, 0.15) is 5.60 Å². The summed E-state index contributed by atoms with van der Waals surface area (Å²) in [6, 6.07) is 3.65. The summed E-state index contributed by atoms with van der Waals surface area (Å²) >= 11 is 0. The number of hydrogen-bond acceptors (Lipinski definition) is 5. The summed E-state index contributed by atoms with van der Waals surface area (Å²) in [5.41, 5.74) is 0.970. The fourth-order valence-corrected chi connectivity index (χ4v) is 3.83. The molecule has 0 saturated heterocycles. The Morgan fingerprint density at radius 1 is 1.45 bits per heavy atom. The van der Waals surface area contributed by atoms with E-state index in [2.05, 4.69) is 10.3 Å². The maximum Gasteiger partial charge on any atom is 0.173 e. The molecule has 108 valence electrons. The quantitative estimate of drug-likeness (QED) is 0.861. The van der Waals surface area contributed by atoms with Gasteiger partial charge in [-0.15, -0.1) is 0 Å². The minimum Gasteiger partial charge on any atom is -0.384 e. The second kappa shape index (κ2) is 4.95. The molecule has 1 aromatic rings. The lowest BCUT2D eigenvalue weighted by atomic mass is 9.77.